The van der Waals surface area contributed by atoms with Crippen LogP contribution in [0.3, 0.4) is 0 Å². The minimum atomic E-state index is -0.304. The van der Waals surface area contributed by atoms with Gasteiger partial charge in [-0.05, 0) is 37.1 Å². The molecule has 1 atom stereocenters. The molecular formula is C24H21ClN6O2S. The van der Waals surface area contributed by atoms with Crippen LogP contribution in [0.15, 0.2) is 49.1 Å². The molecule has 4 aromatic rings. The summed E-state index contributed by atoms with van der Waals surface area (Å²) in [6.07, 6.45) is 7.50. The van der Waals surface area contributed by atoms with Crippen LogP contribution in [-0.2, 0) is 13.0 Å². The number of halogens is 1. The average molecular weight is 493 g/mol. The Kier molecular flexibility index (Phi) is 6.23. The van der Waals surface area contributed by atoms with Crippen LogP contribution in [-0.4, -0.2) is 33.0 Å². The molecule has 0 spiro atoms. The van der Waals surface area contributed by atoms with E-state index in [-0.39, 0.29) is 11.9 Å². The van der Waals surface area contributed by atoms with Gasteiger partial charge in [-0.3, -0.25) is 20.1 Å². The second-order valence-corrected chi connectivity index (χ2v) is 9.33. The highest BCUT2D eigenvalue weighted by molar-refractivity contribution is 7.16. The molecule has 0 bridgehead atoms. The molecule has 8 nitrogen and oxygen atoms in total. The summed E-state index contributed by atoms with van der Waals surface area (Å²) in [4.78, 5) is 31.7. The van der Waals surface area contributed by atoms with E-state index in [1.807, 2.05) is 31.3 Å². The summed E-state index contributed by atoms with van der Waals surface area (Å²) >= 11 is 7.62. The lowest BCUT2D eigenvalue weighted by atomic mass is 10.0. The smallest absolute Gasteiger partial charge is 0.259 e. The molecule has 0 aliphatic carbocycles. The molecule has 172 valence electrons. The first kappa shape index (κ1) is 22.4. The van der Waals surface area contributed by atoms with Gasteiger partial charge < -0.3 is 10.1 Å². The predicted molar refractivity (Wildman–Crippen MR) is 131 cm³/mol. The molecule has 5 rings (SSSR count). The van der Waals surface area contributed by atoms with E-state index in [0.717, 1.165) is 34.8 Å². The van der Waals surface area contributed by atoms with Gasteiger partial charge in [0.15, 0.2) is 5.13 Å². The zero-order valence-corrected chi connectivity index (χ0v) is 20.1. The molecule has 1 amide bonds. The van der Waals surface area contributed by atoms with Crippen molar-refractivity contribution in [3.8, 4) is 16.9 Å². The summed E-state index contributed by atoms with van der Waals surface area (Å²) in [5, 5.41) is 7.30. The first-order chi connectivity index (χ1) is 16.5. The summed E-state index contributed by atoms with van der Waals surface area (Å²) in [6, 6.07) is 7.57. The van der Waals surface area contributed by atoms with Gasteiger partial charge in [0.1, 0.15) is 10.9 Å². The van der Waals surface area contributed by atoms with Crippen molar-refractivity contribution < 1.29 is 9.53 Å². The van der Waals surface area contributed by atoms with Crippen molar-refractivity contribution in [2.45, 2.75) is 25.9 Å². The molecule has 0 radical (unpaired) electrons. The highest BCUT2D eigenvalue weighted by Gasteiger charge is 2.28. The van der Waals surface area contributed by atoms with E-state index < -0.39 is 0 Å². The zero-order chi connectivity index (χ0) is 23.7. The van der Waals surface area contributed by atoms with Gasteiger partial charge in [-0.25, -0.2) is 9.97 Å². The van der Waals surface area contributed by atoms with E-state index in [9.17, 15) is 4.79 Å². The van der Waals surface area contributed by atoms with Crippen LogP contribution in [0, 0.1) is 6.92 Å². The molecule has 10 heteroatoms. The molecule has 0 fully saturated rings. The van der Waals surface area contributed by atoms with Crippen LogP contribution in [0.4, 0.5) is 5.13 Å². The van der Waals surface area contributed by atoms with Crippen LogP contribution in [0.2, 0.25) is 5.15 Å². The number of carbonyl (C=O) groups excluding carboxylic acids is 1. The number of aryl methyl sites for hydroxylation is 1. The third-order valence-electron chi connectivity index (χ3n) is 5.58. The molecule has 1 unspecified atom stereocenters. The first-order valence-electron chi connectivity index (χ1n) is 10.6. The highest BCUT2D eigenvalue weighted by atomic mass is 35.5. The Morgan fingerprint density at radius 3 is 2.94 bits per heavy atom. The Morgan fingerprint density at radius 2 is 2.15 bits per heavy atom. The molecule has 0 aromatic carbocycles. The summed E-state index contributed by atoms with van der Waals surface area (Å²) in [6.45, 7) is 2.58. The van der Waals surface area contributed by atoms with E-state index in [1.54, 1.807) is 25.6 Å². The van der Waals surface area contributed by atoms with Crippen molar-refractivity contribution in [3.05, 3.63) is 81.6 Å². The molecule has 5 heterocycles. The average Bonchev–Trinajstić information content (AvgIpc) is 3.40. The third kappa shape index (κ3) is 4.50. The van der Waals surface area contributed by atoms with Gasteiger partial charge in [0.05, 0.1) is 30.6 Å². The number of nitrogens with zero attached hydrogens (tertiary/aromatic N) is 4. The number of methoxy groups -OCH3 is 1. The Balaban J connectivity index is 1.41. The molecule has 4 aromatic heterocycles. The molecule has 1 aliphatic heterocycles. The van der Waals surface area contributed by atoms with E-state index in [1.165, 1.54) is 17.5 Å². The number of fused-ring (bicyclic) bond motifs is 1. The minimum Gasteiger partial charge on any atom is -0.494 e. The van der Waals surface area contributed by atoms with Gasteiger partial charge in [-0.15, -0.1) is 11.3 Å². The Hall–Kier alpha value is -3.40. The number of carbonyl (C=O) groups is 1. The summed E-state index contributed by atoms with van der Waals surface area (Å²) in [5.41, 5.74) is 4.58. The normalized spacial score (nSPS) is 14.6. The van der Waals surface area contributed by atoms with Crippen LogP contribution in [0.1, 0.15) is 38.2 Å². The van der Waals surface area contributed by atoms with Gasteiger partial charge in [-0.2, -0.15) is 0 Å². The summed E-state index contributed by atoms with van der Waals surface area (Å²) in [5.74, 6) is 0.211. The fraction of sp³-hybridized carbons (Fsp3) is 0.208. The largest absolute Gasteiger partial charge is 0.494 e. The van der Waals surface area contributed by atoms with Crippen molar-refractivity contribution >= 4 is 34.0 Å². The van der Waals surface area contributed by atoms with Gasteiger partial charge in [0.25, 0.3) is 5.91 Å². The minimum absolute atomic E-state index is 0.0842. The number of thiazole rings is 1. The standard InChI is InChI=1S/C24H21ClN6O2S/c1-13-6-15(16-8-21(25)29-11-19(16)33-2)17(10-27-13)23(32)31-24-30-22-18(28-12-20(22)34-24)7-14-4-3-5-26-9-14/h3-6,8-11,18,28H,7,12H2,1-2H3,(H,30,31,32). The number of pyridine rings is 3. The maximum Gasteiger partial charge on any atom is 0.259 e. The quantitative estimate of drug-likeness (QED) is 0.379. The van der Waals surface area contributed by atoms with Crippen molar-refractivity contribution in [2.24, 2.45) is 0 Å². The molecule has 2 N–H and O–H groups in total. The third-order valence-corrected chi connectivity index (χ3v) is 6.77. The van der Waals surface area contributed by atoms with Crippen molar-refractivity contribution in [1.29, 1.82) is 0 Å². The van der Waals surface area contributed by atoms with E-state index in [4.69, 9.17) is 21.3 Å². The summed E-state index contributed by atoms with van der Waals surface area (Å²) < 4.78 is 5.45. The number of rotatable bonds is 6. The predicted octanol–water partition coefficient (Wildman–Crippen LogP) is 4.60. The lowest BCUT2D eigenvalue weighted by molar-refractivity contribution is 0.102. The number of hydrogen-bond donors (Lipinski definition) is 2. The van der Waals surface area contributed by atoms with Crippen molar-refractivity contribution in [1.82, 2.24) is 25.3 Å². The molecule has 0 saturated heterocycles. The maximum absolute atomic E-state index is 13.3. The first-order valence-corrected chi connectivity index (χ1v) is 11.8. The van der Waals surface area contributed by atoms with Gasteiger partial charge >= 0.3 is 0 Å². The van der Waals surface area contributed by atoms with E-state index in [2.05, 4.69) is 25.6 Å². The maximum atomic E-state index is 13.3. The lowest BCUT2D eigenvalue weighted by Gasteiger charge is -2.13. The van der Waals surface area contributed by atoms with Crippen LogP contribution >= 0.6 is 22.9 Å². The monoisotopic (exact) mass is 492 g/mol. The number of nitrogens with one attached hydrogen (secondary N) is 2. The lowest BCUT2D eigenvalue weighted by Crippen LogP contribution is -2.17. The van der Waals surface area contributed by atoms with E-state index in [0.29, 0.717) is 32.7 Å². The second kappa shape index (κ2) is 9.46. The van der Waals surface area contributed by atoms with Crippen LogP contribution in [0.5, 0.6) is 5.75 Å². The number of aromatic nitrogens is 4. The fourth-order valence-corrected chi connectivity index (χ4v) is 5.10. The molecule has 0 saturated carbocycles. The Bertz CT molecular complexity index is 1360. The summed E-state index contributed by atoms with van der Waals surface area (Å²) in [7, 11) is 1.55. The van der Waals surface area contributed by atoms with E-state index >= 15 is 0 Å². The van der Waals surface area contributed by atoms with Crippen LogP contribution < -0.4 is 15.4 Å². The molecule has 1 aliphatic rings. The number of amides is 1. The Labute approximate surface area is 205 Å². The molecule has 34 heavy (non-hydrogen) atoms. The zero-order valence-electron chi connectivity index (χ0n) is 18.5. The van der Waals surface area contributed by atoms with Crippen LogP contribution in [0.25, 0.3) is 11.1 Å². The highest BCUT2D eigenvalue weighted by Crippen LogP contribution is 2.36. The van der Waals surface area contributed by atoms with Gasteiger partial charge in [-0.1, -0.05) is 17.7 Å². The number of hydrogen-bond acceptors (Lipinski definition) is 8. The number of ether oxygens (including phenoxy) is 1. The van der Waals surface area contributed by atoms with Crippen molar-refractivity contribution in [2.75, 3.05) is 12.4 Å². The topological polar surface area (TPSA) is 102 Å². The van der Waals surface area contributed by atoms with Gasteiger partial charge in [0, 0.05) is 46.8 Å². The Morgan fingerprint density at radius 1 is 1.26 bits per heavy atom. The SMILES string of the molecule is COc1cnc(Cl)cc1-c1cc(C)ncc1C(=O)Nc1nc2c(s1)CNC2Cc1cccnc1. The second-order valence-electron chi connectivity index (χ2n) is 7.86. The van der Waals surface area contributed by atoms with Crippen molar-refractivity contribution in [3.63, 3.8) is 0 Å². The molecular weight excluding hydrogens is 472 g/mol. The number of anilines is 1. The fourth-order valence-electron chi connectivity index (χ4n) is 3.97. The van der Waals surface area contributed by atoms with Gasteiger partial charge in [0.2, 0.25) is 0 Å².